The number of hydrogen-bond acceptors (Lipinski definition) is 4. The Morgan fingerprint density at radius 1 is 1.35 bits per heavy atom. The third-order valence-corrected chi connectivity index (χ3v) is 4.39. The highest BCUT2D eigenvalue weighted by Gasteiger charge is 2.23. The lowest BCUT2D eigenvalue weighted by molar-refractivity contribution is 0.0478. The van der Waals surface area contributed by atoms with Crippen molar-refractivity contribution in [2.24, 2.45) is 0 Å². The molecule has 0 unspecified atom stereocenters. The first-order chi connectivity index (χ1) is 12.2. The number of alkyl carbamates (subject to hydrolysis) is 1. The zero-order valence-corrected chi connectivity index (χ0v) is 16.4. The molecule has 1 fully saturated rings. The molecular formula is C19H28ClFN2O3. The highest BCUT2D eigenvalue weighted by molar-refractivity contribution is 6.30. The fraction of sp³-hybridized carbons (Fsp3) is 0.632. The van der Waals surface area contributed by atoms with E-state index < -0.39 is 11.4 Å². The minimum atomic E-state index is -0.474. The van der Waals surface area contributed by atoms with E-state index in [0.717, 1.165) is 38.9 Å². The third kappa shape index (κ3) is 7.38. The number of likely N-dealkylation sites (tertiary alicyclic amines) is 1. The normalized spacial score (nSPS) is 16.3. The summed E-state index contributed by atoms with van der Waals surface area (Å²) in [7, 11) is 0. The van der Waals surface area contributed by atoms with Gasteiger partial charge in [0.05, 0.1) is 11.6 Å². The average molecular weight is 387 g/mol. The lowest BCUT2D eigenvalue weighted by Gasteiger charge is -2.32. The second-order valence-corrected chi connectivity index (χ2v) is 7.95. The van der Waals surface area contributed by atoms with Crippen molar-refractivity contribution in [3.05, 3.63) is 29.0 Å². The summed E-state index contributed by atoms with van der Waals surface area (Å²) >= 11 is 5.65. The number of carbonyl (C=O) groups is 1. The molecule has 0 saturated carbocycles. The molecule has 0 bridgehead atoms. The summed E-state index contributed by atoms with van der Waals surface area (Å²) in [6, 6.07) is 4.62. The van der Waals surface area contributed by atoms with Gasteiger partial charge in [0.25, 0.3) is 0 Å². The van der Waals surface area contributed by atoms with Gasteiger partial charge in [0.2, 0.25) is 0 Å². The Labute approximate surface area is 159 Å². The van der Waals surface area contributed by atoms with Crippen molar-refractivity contribution in [1.29, 1.82) is 0 Å². The van der Waals surface area contributed by atoms with E-state index in [-0.39, 0.29) is 17.2 Å². The molecule has 7 heteroatoms. The van der Waals surface area contributed by atoms with Gasteiger partial charge in [-0.15, -0.1) is 0 Å². The Morgan fingerprint density at radius 3 is 2.65 bits per heavy atom. The topological polar surface area (TPSA) is 50.8 Å². The van der Waals surface area contributed by atoms with E-state index in [2.05, 4.69) is 10.2 Å². The Morgan fingerprint density at radius 2 is 2.04 bits per heavy atom. The van der Waals surface area contributed by atoms with Gasteiger partial charge in [0, 0.05) is 31.7 Å². The van der Waals surface area contributed by atoms with Crippen molar-refractivity contribution in [2.75, 3.05) is 26.2 Å². The molecule has 0 aliphatic carbocycles. The number of carbonyl (C=O) groups excluding carboxylic acids is 1. The van der Waals surface area contributed by atoms with Gasteiger partial charge in [-0.3, -0.25) is 0 Å². The van der Waals surface area contributed by atoms with Crippen LogP contribution in [0.5, 0.6) is 5.75 Å². The summed E-state index contributed by atoms with van der Waals surface area (Å²) in [6.07, 6.45) is 2.32. The van der Waals surface area contributed by atoms with Gasteiger partial charge < -0.3 is 19.7 Å². The molecule has 0 atom stereocenters. The van der Waals surface area contributed by atoms with Crippen LogP contribution in [0.25, 0.3) is 0 Å². The van der Waals surface area contributed by atoms with Crippen molar-refractivity contribution in [2.45, 2.75) is 51.7 Å². The maximum atomic E-state index is 13.3. The number of halogens is 2. The molecule has 0 spiro atoms. The van der Waals surface area contributed by atoms with Crippen LogP contribution in [0.2, 0.25) is 5.02 Å². The number of piperidine rings is 1. The van der Waals surface area contributed by atoms with Crippen LogP contribution in [0.3, 0.4) is 0 Å². The first-order valence-corrected chi connectivity index (χ1v) is 9.40. The number of rotatable bonds is 6. The van der Waals surface area contributed by atoms with E-state index in [0.29, 0.717) is 12.4 Å². The molecule has 1 aliphatic heterocycles. The van der Waals surface area contributed by atoms with Crippen LogP contribution < -0.4 is 10.1 Å². The van der Waals surface area contributed by atoms with E-state index >= 15 is 0 Å². The molecule has 1 aromatic carbocycles. The number of benzene rings is 1. The molecule has 146 valence electrons. The Kier molecular flexibility index (Phi) is 7.53. The molecule has 1 N–H and O–H groups in total. The first-order valence-electron chi connectivity index (χ1n) is 9.03. The Balaban J connectivity index is 1.60. The maximum absolute atomic E-state index is 13.3. The van der Waals surface area contributed by atoms with Crippen LogP contribution in [0.1, 0.15) is 40.0 Å². The van der Waals surface area contributed by atoms with Crippen LogP contribution in [0, 0.1) is 5.82 Å². The quantitative estimate of drug-likeness (QED) is 0.743. The molecule has 5 nitrogen and oxygen atoms in total. The van der Waals surface area contributed by atoms with E-state index in [4.69, 9.17) is 21.1 Å². The lowest BCUT2D eigenvalue weighted by Crippen LogP contribution is -2.46. The summed E-state index contributed by atoms with van der Waals surface area (Å²) in [5, 5.41) is 3.03. The zero-order chi connectivity index (χ0) is 19.2. The average Bonchev–Trinajstić information content (AvgIpc) is 2.54. The number of hydrogen-bond donors (Lipinski definition) is 1. The Hall–Kier alpha value is -1.53. The van der Waals surface area contributed by atoms with Crippen LogP contribution >= 0.6 is 11.6 Å². The fourth-order valence-electron chi connectivity index (χ4n) is 2.82. The largest absolute Gasteiger partial charge is 0.493 e. The molecule has 1 saturated heterocycles. The molecule has 26 heavy (non-hydrogen) atoms. The van der Waals surface area contributed by atoms with Crippen molar-refractivity contribution in [3.63, 3.8) is 0 Å². The minimum Gasteiger partial charge on any atom is -0.493 e. The van der Waals surface area contributed by atoms with Gasteiger partial charge in [-0.1, -0.05) is 11.6 Å². The maximum Gasteiger partial charge on any atom is 0.407 e. The number of amides is 1. The van der Waals surface area contributed by atoms with Crippen molar-refractivity contribution in [3.8, 4) is 5.75 Å². The van der Waals surface area contributed by atoms with Gasteiger partial charge in [0.15, 0.2) is 0 Å². The minimum absolute atomic E-state index is 0.0974. The van der Waals surface area contributed by atoms with Crippen LogP contribution in [0.4, 0.5) is 9.18 Å². The van der Waals surface area contributed by atoms with Crippen molar-refractivity contribution < 1.29 is 18.7 Å². The van der Waals surface area contributed by atoms with Crippen LogP contribution in [-0.2, 0) is 4.74 Å². The smallest absolute Gasteiger partial charge is 0.407 e. The fourth-order valence-corrected chi connectivity index (χ4v) is 2.94. The lowest BCUT2D eigenvalue weighted by atomic mass is 10.1. The van der Waals surface area contributed by atoms with Gasteiger partial charge in [-0.05, 0) is 52.2 Å². The first kappa shape index (κ1) is 20.8. The summed E-state index contributed by atoms with van der Waals surface area (Å²) in [5.41, 5.74) is -0.474. The Bertz CT molecular complexity index is 599. The number of nitrogens with zero attached hydrogens (tertiary/aromatic N) is 1. The molecule has 0 radical (unpaired) electrons. The highest BCUT2D eigenvalue weighted by atomic mass is 35.5. The zero-order valence-electron chi connectivity index (χ0n) is 15.7. The van der Waals surface area contributed by atoms with Crippen molar-refractivity contribution in [1.82, 2.24) is 10.2 Å². The standard InChI is InChI=1S/C19H28ClFN2O3/c1-19(2,3)26-18(24)22-14-7-10-23(11-8-14)9-4-12-25-15-5-6-16(20)17(21)13-15/h5-6,13-14H,4,7-12H2,1-3H3,(H,22,24). The summed E-state index contributed by atoms with van der Waals surface area (Å²) in [4.78, 5) is 14.1. The second kappa shape index (κ2) is 9.42. The molecule has 1 amide bonds. The van der Waals surface area contributed by atoms with Gasteiger partial charge in [-0.2, -0.15) is 0 Å². The summed E-state index contributed by atoms with van der Waals surface area (Å²) in [5.74, 6) is 0.0240. The SMILES string of the molecule is CC(C)(C)OC(=O)NC1CCN(CCCOc2ccc(Cl)c(F)c2)CC1. The van der Waals surface area contributed by atoms with E-state index in [1.807, 2.05) is 20.8 Å². The predicted octanol–water partition coefficient (Wildman–Crippen LogP) is 4.24. The highest BCUT2D eigenvalue weighted by Crippen LogP contribution is 2.20. The third-order valence-electron chi connectivity index (χ3n) is 4.09. The van der Waals surface area contributed by atoms with Crippen LogP contribution in [0.15, 0.2) is 18.2 Å². The number of ether oxygens (including phenoxy) is 2. The number of nitrogens with one attached hydrogen (secondary N) is 1. The molecule has 1 heterocycles. The molecular weight excluding hydrogens is 359 g/mol. The molecule has 1 aliphatic rings. The summed E-state index contributed by atoms with van der Waals surface area (Å²) < 4.78 is 24.2. The second-order valence-electron chi connectivity index (χ2n) is 7.54. The van der Waals surface area contributed by atoms with E-state index in [9.17, 15) is 9.18 Å². The summed E-state index contributed by atoms with van der Waals surface area (Å²) in [6.45, 7) is 8.86. The van der Waals surface area contributed by atoms with Gasteiger partial charge in [-0.25, -0.2) is 9.18 Å². The monoisotopic (exact) mass is 386 g/mol. The van der Waals surface area contributed by atoms with Gasteiger partial charge in [0.1, 0.15) is 17.2 Å². The van der Waals surface area contributed by atoms with E-state index in [1.165, 1.54) is 12.1 Å². The molecule has 0 aromatic heterocycles. The van der Waals surface area contributed by atoms with E-state index in [1.54, 1.807) is 6.07 Å². The molecule has 2 rings (SSSR count). The van der Waals surface area contributed by atoms with Crippen molar-refractivity contribution >= 4 is 17.7 Å². The predicted molar refractivity (Wildman–Crippen MR) is 100 cm³/mol. The van der Waals surface area contributed by atoms with Crippen LogP contribution in [-0.4, -0.2) is 48.9 Å². The molecule has 1 aromatic rings. The van der Waals surface area contributed by atoms with Gasteiger partial charge >= 0.3 is 6.09 Å².